The molecule has 0 radical (unpaired) electrons. The van der Waals surface area contributed by atoms with Crippen molar-refractivity contribution in [2.75, 3.05) is 21.3 Å². The van der Waals surface area contributed by atoms with Crippen LogP contribution in [0.2, 0.25) is 6.04 Å². The molecule has 0 fully saturated rings. The molecule has 0 saturated carbocycles. The van der Waals surface area contributed by atoms with Gasteiger partial charge in [0.15, 0.2) is 0 Å². The summed E-state index contributed by atoms with van der Waals surface area (Å²) >= 11 is 0. The predicted octanol–water partition coefficient (Wildman–Crippen LogP) is 4.25. The fraction of sp³-hybridized carbons (Fsp3) is 1.00. The van der Waals surface area contributed by atoms with Gasteiger partial charge in [0, 0.05) is 33.8 Å². The lowest BCUT2D eigenvalue weighted by molar-refractivity contribution is 0.122. The van der Waals surface area contributed by atoms with Gasteiger partial charge in [0.25, 0.3) is 0 Å². The lowest BCUT2D eigenvalue weighted by Gasteiger charge is -2.24. The Bertz CT molecular complexity index is 194. The Morgan fingerprint density at radius 1 is 0.737 bits per heavy atom. The molecule has 0 N–H and O–H groups in total. The van der Waals surface area contributed by atoms with Crippen LogP contribution in [0.4, 0.5) is 8.78 Å². The van der Waals surface area contributed by atoms with Gasteiger partial charge in [-0.15, -0.1) is 0 Å². The number of rotatable bonds is 13. The molecule has 0 aromatic heterocycles. The van der Waals surface area contributed by atoms with Crippen LogP contribution in [0.15, 0.2) is 0 Å². The number of hydrogen-bond acceptors (Lipinski definition) is 3. The molecule has 0 aromatic rings. The van der Waals surface area contributed by atoms with E-state index in [0.29, 0.717) is 6.42 Å². The van der Waals surface area contributed by atoms with E-state index in [1.807, 2.05) is 0 Å². The van der Waals surface area contributed by atoms with E-state index in [1.54, 1.807) is 21.3 Å². The maximum absolute atomic E-state index is 11.9. The summed E-state index contributed by atoms with van der Waals surface area (Å²) in [5.74, 6) is 0. The van der Waals surface area contributed by atoms with E-state index in [9.17, 15) is 8.78 Å². The minimum atomic E-state index is -2.39. The van der Waals surface area contributed by atoms with Gasteiger partial charge >= 0.3 is 8.80 Å². The molecule has 0 aliphatic rings. The summed E-state index contributed by atoms with van der Waals surface area (Å²) in [5, 5.41) is 0. The van der Waals surface area contributed by atoms with Crippen molar-refractivity contribution in [3.8, 4) is 0 Å². The molecule has 0 aliphatic carbocycles. The topological polar surface area (TPSA) is 27.7 Å². The van der Waals surface area contributed by atoms with E-state index in [-0.39, 0.29) is 6.42 Å². The lowest BCUT2D eigenvalue weighted by atomic mass is 10.1. The number of alkyl halides is 2. The third kappa shape index (κ3) is 9.48. The summed E-state index contributed by atoms with van der Waals surface area (Å²) in [6, 6.07) is 0.835. The highest BCUT2D eigenvalue weighted by Gasteiger charge is 2.36. The third-order valence-corrected chi connectivity index (χ3v) is 6.17. The first-order valence-electron chi connectivity index (χ1n) is 7.04. The zero-order chi connectivity index (χ0) is 14.6. The molecule has 0 atom stereocenters. The van der Waals surface area contributed by atoms with Crippen molar-refractivity contribution in [3.05, 3.63) is 0 Å². The molecule has 0 spiro atoms. The van der Waals surface area contributed by atoms with Gasteiger partial charge in [0.2, 0.25) is 6.43 Å². The second kappa shape index (κ2) is 11.8. The van der Waals surface area contributed by atoms with Crippen LogP contribution in [0.25, 0.3) is 0 Å². The van der Waals surface area contributed by atoms with Crippen LogP contribution >= 0.6 is 0 Å². The molecular weight excluding hydrogens is 270 g/mol. The molecule has 0 heterocycles. The summed E-state index contributed by atoms with van der Waals surface area (Å²) in [4.78, 5) is 0. The Hall–Kier alpha value is -0.0431. The predicted molar refractivity (Wildman–Crippen MR) is 74.5 cm³/mol. The second-order valence-electron chi connectivity index (χ2n) is 4.70. The van der Waals surface area contributed by atoms with Gasteiger partial charge in [-0.25, -0.2) is 8.78 Å². The van der Waals surface area contributed by atoms with E-state index in [4.69, 9.17) is 13.3 Å². The molecule has 0 bridgehead atoms. The maximum Gasteiger partial charge on any atom is 0.500 e. The summed E-state index contributed by atoms with van der Waals surface area (Å²) in [7, 11) is 2.49. The van der Waals surface area contributed by atoms with Crippen molar-refractivity contribution >= 4 is 8.80 Å². The van der Waals surface area contributed by atoms with E-state index < -0.39 is 15.2 Å². The van der Waals surface area contributed by atoms with Crippen molar-refractivity contribution in [1.29, 1.82) is 0 Å². The van der Waals surface area contributed by atoms with Crippen LogP contribution in [0.3, 0.4) is 0 Å². The van der Waals surface area contributed by atoms with Crippen LogP contribution in [-0.2, 0) is 13.3 Å². The molecule has 3 nitrogen and oxygen atoms in total. The summed E-state index contributed by atoms with van der Waals surface area (Å²) < 4.78 is 39.8. The first-order chi connectivity index (χ1) is 9.10. The summed E-state index contributed by atoms with van der Waals surface area (Å²) in [6.07, 6.45) is 4.90. The highest BCUT2D eigenvalue weighted by Crippen LogP contribution is 2.18. The quantitative estimate of drug-likeness (QED) is 0.376. The molecule has 116 valence electrons. The van der Waals surface area contributed by atoms with Crippen LogP contribution in [0.1, 0.15) is 51.4 Å². The van der Waals surface area contributed by atoms with Crippen molar-refractivity contribution in [3.63, 3.8) is 0 Å². The Balaban J connectivity index is 3.40. The molecule has 0 aliphatic heterocycles. The highest BCUT2D eigenvalue weighted by atomic mass is 28.4. The number of halogens is 2. The van der Waals surface area contributed by atoms with E-state index in [2.05, 4.69) is 0 Å². The third-order valence-electron chi connectivity index (χ3n) is 3.34. The Morgan fingerprint density at radius 2 is 1.16 bits per heavy atom. The highest BCUT2D eigenvalue weighted by molar-refractivity contribution is 6.60. The van der Waals surface area contributed by atoms with E-state index in [1.165, 1.54) is 0 Å². The Kier molecular flexibility index (Phi) is 11.7. The summed E-state index contributed by atoms with van der Waals surface area (Å²) in [6.45, 7) is 0. The fourth-order valence-corrected chi connectivity index (χ4v) is 3.88. The van der Waals surface area contributed by atoms with Gasteiger partial charge in [-0.2, -0.15) is 0 Å². The summed E-state index contributed by atoms with van der Waals surface area (Å²) in [5.41, 5.74) is 0. The average Bonchev–Trinajstić information content (AvgIpc) is 2.41. The van der Waals surface area contributed by atoms with Crippen LogP contribution < -0.4 is 0 Å². The standard InChI is InChI=1S/C13H28F2O3Si/c1-16-19(17-2,18-3)12-10-8-6-4-5-7-9-11-13(14)15/h13H,4-12H2,1-3H3. The second-order valence-corrected chi connectivity index (χ2v) is 7.79. The van der Waals surface area contributed by atoms with Gasteiger partial charge in [-0.3, -0.25) is 0 Å². The van der Waals surface area contributed by atoms with Crippen molar-refractivity contribution in [2.24, 2.45) is 0 Å². The van der Waals surface area contributed by atoms with Gasteiger partial charge in [0.1, 0.15) is 0 Å². The van der Waals surface area contributed by atoms with Crippen LogP contribution in [0, 0.1) is 0 Å². The van der Waals surface area contributed by atoms with E-state index >= 15 is 0 Å². The number of unbranched alkanes of at least 4 members (excludes halogenated alkanes) is 6. The number of hydrogen-bond donors (Lipinski definition) is 0. The molecule has 0 aromatic carbocycles. The monoisotopic (exact) mass is 298 g/mol. The maximum atomic E-state index is 11.9. The van der Waals surface area contributed by atoms with Crippen LogP contribution in [0.5, 0.6) is 0 Å². The first-order valence-corrected chi connectivity index (χ1v) is 8.97. The molecule has 6 heteroatoms. The van der Waals surface area contributed by atoms with Gasteiger partial charge in [-0.05, 0) is 12.8 Å². The van der Waals surface area contributed by atoms with Gasteiger partial charge < -0.3 is 13.3 Å². The molecule has 0 amide bonds. The minimum absolute atomic E-state index is 0.0453. The molecule has 0 saturated heterocycles. The molecule has 19 heavy (non-hydrogen) atoms. The Labute approximate surface area is 117 Å². The smallest absolute Gasteiger partial charge is 0.377 e. The zero-order valence-electron chi connectivity index (χ0n) is 12.4. The fourth-order valence-electron chi connectivity index (χ4n) is 2.08. The first kappa shape index (κ1) is 19.0. The van der Waals surface area contributed by atoms with Crippen LogP contribution in [-0.4, -0.2) is 36.6 Å². The molecular formula is C13H28F2O3Si. The van der Waals surface area contributed by atoms with Crippen molar-refractivity contribution < 1.29 is 22.1 Å². The SMILES string of the molecule is CO[Si](CCCCCCCCCC(F)F)(OC)OC. The van der Waals surface area contributed by atoms with Crippen molar-refractivity contribution in [1.82, 2.24) is 0 Å². The zero-order valence-corrected chi connectivity index (χ0v) is 13.4. The normalized spacial score (nSPS) is 12.3. The Morgan fingerprint density at radius 3 is 1.58 bits per heavy atom. The largest absolute Gasteiger partial charge is 0.500 e. The molecule has 0 rings (SSSR count). The van der Waals surface area contributed by atoms with Gasteiger partial charge in [-0.1, -0.05) is 32.1 Å². The van der Waals surface area contributed by atoms with E-state index in [0.717, 1.165) is 44.6 Å². The van der Waals surface area contributed by atoms with Crippen molar-refractivity contribution in [2.45, 2.75) is 63.8 Å². The minimum Gasteiger partial charge on any atom is -0.377 e. The lowest BCUT2D eigenvalue weighted by Crippen LogP contribution is -2.42. The van der Waals surface area contributed by atoms with Gasteiger partial charge in [0.05, 0.1) is 0 Å². The average molecular weight is 298 g/mol. The molecule has 0 unspecified atom stereocenters.